The predicted molar refractivity (Wildman–Crippen MR) is 135 cm³/mol. The van der Waals surface area contributed by atoms with Crippen molar-refractivity contribution in [3.05, 3.63) is 76.4 Å². The van der Waals surface area contributed by atoms with Crippen LogP contribution in [0.3, 0.4) is 0 Å². The first-order chi connectivity index (χ1) is 17.6. The first-order valence-electron chi connectivity index (χ1n) is 12.0. The number of nitrogens with zero attached hydrogens (tertiary/aromatic N) is 2. The highest BCUT2D eigenvalue weighted by Crippen LogP contribution is 2.32. The Kier molecular flexibility index (Phi) is 6.06. The zero-order valence-electron chi connectivity index (χ0n) is 19.5. The van der Waals surface area contributed by atoms with Crippen molar-refractivity contribution >= 4 is 34.1 Å². The van der Waals surface area contributed by atoms with Gasteiger partial charge in [0.05, 0.1) is 11.6 Å². The fraction of sp³-hybridized carbons (Fsp3) is 0.296. The van der Waals surface area contributed by atoms with E-state index in [1.54, 1.807) is 11.4 Å². The van der Waals surface area contributed by atoms with Crippen molar-refractivity contribution in [2.75, 3.05) is 26.2 Å². The SMILES string of the molecule is O=C(NCC1COc2ccccc2O1)c1csc(C2CCN(C(=O)c3cc4ccccc4o3)CC2)n1. The van der Waals surface area contributed by atoms with Crippen molar-refractivity contribution < 1.29 is 23.5 Å². The van der Waals surface area contributed by atoms with Gasteiger partial charge in [-0.25, -0.2) is 4.98 Å². The molecule has 0 bridgehead atoms. The van der Waals surface area contributed by atoms with Crippen LogP contribution in [0.2, 0.25) is 0 Å². The summed E-state index contributed by atoms with van der Waals surface area (Å²) in [6.07, 6.45) is 1.34. The van der Waals surface area contributed by atoms with E-state index >= 15 is 0 Å². The number of nitrogens with one attached hydrogen (secondary N) is 1. The average molecular weight is 504 g/mol. The number of carbonyl (C=O) groups excluding carboxylic acids is 2. The van der Waals surface area contributed by atoms with Crippen molar-refractivity contribution in [3.63, 3.8) is 0 Å². The van der Waals surface area contributed by atoms with E-state index in [1.807, 2.05) is 53.4 Å². The van der Waals surface area contributed by atoms with Gasteiger partial charge >= 0.3 is 0 Å². The van der Waals surface area contributed by atoms with E-state index in [0.29, 0.717) is 43.4 Å². The lowest BCUT2D eigenvalue weighted by Gasteiger charge is -2.30. The van der Waals surface area contributed by atoms with Crippen LogP contribution < -0.4 is 14.8 Å². The molecule has 36 heavy (non-hydrogen) atoms. The third-order valence-electron chi connectivity index (χ3n) is 6.58. The van der Waals surface area contributed by atoms with Gasteiger partial charge in [0, 0.05) is 29.8 Å². The molecule has 1 saturated heterocycles. The zero-order valence-corrected chi connectivity index (χ0v) is 20.3. The topological polar surface area (TPSA) is 93.9 Å². The van der Waals surface area contributed by atoms with Gasteiger partial charge in [0.25, 0.3) is 11.8 Å². The van der Waals surface area contributed by atoms with Crippen LogP contribution in [0.4, 0.5) is 0 Å². The molecule has 2 aliphatic heterocycles. The molecule has 0 spiro atoms. The molecule has 0 radical (unpaired) electrons. The summed E-state index contributed by atoms with van der Waals surface area (Å²) in [6, 6.07) is 16.9. The van der Waals surface area contributed by atoms with Crippen LogP contribution in [-0.2, 0) is 0 Å². The van der Waals surface area contributed by atoms with Gasteiger partial charge in [-0.15, -0.1) is 11.3 Å². The van der Waals surface area contributed by atoms with Crippen molar-refractivity contribution in [1.29, 1.82) is 0 Å². The van der Waals surface area contributed by atoms with Gasteiger partial charge in [0.1, 0.15) is 24.0 Å². The van der Waals surface area contributed by atoms with Gasteiger partial charge in [0.15, 0.2) is 17.3 Å². The minimum atomic E-state index is -0.254. The Morgan fingerprint density at radius 1 is 1.06 bits per heavy atom. The van der Waals surface area contributed by atoms with Crippen LogP contribution in [0.1, 0.15) is 44.8 Å². The molecule has 2 aliphatic rings. The maximum absolute atomic E-state index is 12.9. The number of hydrogen-bond acceptors (Lipinski definition) is 7. The molecule has 1 fully saturated rings. The van der Waals surface area contributed by atoms with Gasteiger partial charge in [-0.3, -0.25) is 9.59 Å². The molecule has 2 amide bonds. The standard InChI is InChI=1S/C27H25N3O5S/c31-25(28-14-19-15-33-22-7-3-4-8-23(22)34-19)20-16-36-26(29-20)17-9-11-30(12-10-17)27(32)24-13-18-5-1-2-6-21(18)35-24/h1-8,13,16-17,19H,9-12,14-15H2,(H,28,31). The fourth-order valence-electron chi connectivity index (χ4n) is 4.61. The van der Waals surface area contributed by atoms with Crippen LogP contribution in [-0.4, -0.2) is 54.0 Å². The minimum Gasteiger partial charge on any atom is -0.486 e. The van der Waals surface area contributed by atoms with Crippen LogP contribution in [0.25, 0.3) is 11.0 Å². The molecule has 184 valence electrons. The lowest BCUT2D eigenvalue weighted by molar-refractivity contribution is 0.0683. The minimum absolute atomic E-state index is 0.0830. The number of thiazole rings is 1. The lowest BCUT2D eigenvalue weighted by atomic mass is 9.97. The largest absolute Gasteiger partial charge is 0.486 e. The summed E-state index contributed by atoms with van der Waals surface area (Å²) in [4.78, 5) is 32.0. The number of para-hydroxylation sites is 3. The van der Waals surface area contributed by atoms with Gasteiger partial charge < -0.3 is 24.1 Å². The highest BCUT2D eigenvalue weighted by atomic mass is 32.1. The highest BCUT2D eigenvalue weighted by molar-refractivity contribution is 7.09. The Bertz CT molecular complexity index is 1370. The van der Waals surface area contributed by atoms with E-state index < -0.39 is 0 Å². The lowest BCUT2D eigenvalue weighted by Crippen LogP contribution is -2.40. The summed E-state index contributed by atoms with van der Waals surface area (Å²) in [7, 11) is 0. The molecule has 2 aromatic heterocycles. The van der Waals surface area contributed by atoms with E-state index in [2.05, 4.69) is 10.3 Å². The van der Waals surface area contributed by atoms with Crippen LogP contribution >= 0.6 is 11.3 Å². The first kappa shape index (κ1) is 22.6. The second-order valence-electron chi connectivity index (χ2n) is 8.99. The van der Waals surface area contributed by atoms with Crippen molar-refractivity contribution in [3.8, 4) is 11.5 Å². The molecule has 0 aliphatic carbocycles. The number of piperidine rings is 1. The number of carbonyl (C=O) groups is 2. The normalized spacial score (nSPS) is 17.8. The highest BCUT2D eigenvalue weighted by Gasteiger charge is 2.29. The molecule has 1 N–H and O–H groups in total. The number of hydrogen-bond donors (Lipinski definition) is 1. The van der Waals surface area contributed by atoms with E-state index in [9.17, 15) is 9.59 Å². The third kappa shape index (κ3) is 4.54. The molecule has 1 atom stereocenters. The summed E-state index contributed by atoms with van der Waals surface area (Å²) in [5, 5.41) is 6.56. The number of likely N-dealkylation sites (tertiary alicyclic amines) is 1. The number of benzene rings is 2. The van der Waals surface area contributed by atoms with E-state index in [-0.39, 0.29) is 23.8 Å². The maximum atomic E-state index is 12.9. The Hall–Kier alpha value is -3.85. The Labute approximate surface area is 211 Å². The Balaban J connectivity index is 1.01. The number of fused-ring (bicyclic) bond motifs is 2. The molecule has 0 saturated carbocycles. The summed E-state index contributed by atoms with van der Waals surface area (Å²) in [5.41, 5.74) is 1.13. The molecule has 4 heterocycles. The van der Waals surface area contributed by atoms with Gasteiger partial charge in [-0.05, 0) is 37.1 Å². The second kappa shape index (κ2) is 9.66. The molecule has 4 aromatic rings. The monoisotopic (exact) mass is 503 g/mol. The second-order valence-corrected chi connectivity index (χ2v) is 9.88. The van der Waals surface area contributed by atoms with E-state index in [4.69, 9.17) is 13.9 Å². The smallest absolute Gasteiger partial charge is 0.289 e. The van der Waals surface area contributed by atoms with Crippen LogP contribution in [0.15, 0.2) is 64.4 Å². The summed E-state index contributed by atoms with van der Waals surface area (Å²) < 4.78 is 17.3. The fourth-order valence-corrected chi connectivity index (χ4v) is 5.58. The molecular weight excluding hydrogens is 478 g/mol. The van der Waals surface area contributed by atoms with Gasteiger partial charge in [-0.1, -0.05) is 30.3 Å². The molecule has 2 aromatic carbocycles. The van der Waals surface area contributed by atoms with Gasteiger partial charge in [0.2, 0.25) is 0 Å². The summed E-state index contributed by atoms with van der Waals surface area (Å²) in [6.45, 7) is 1.97. The van der Waals surface area contributed by atoms with E-state index in [1.165, 1.54) is 11.3 Å². The Morgan fingerprint density at radius 3 is 2.67 bits per heavy atom. The number of rotatable bonds is 5. The Morgan fingerprint density at radius 2 is 1.83 bits per heavy atom. The molecular formula is C27H25N3O5S. The quantitative estimate of drug-likeness (QED) is 0.432. The predicted octanol–water partition coefficient (Wildman–Crippen LogP) is 4.48. The first-order valence-corrected chi connectivity index (χ1v) is 12.9. The van der Waals surface area contributed by atoms with Crippen molar-refractivity contribution in [2.45, 2.75) is 24.9 Å². The maximum Gasteiger partial charge on any atom is 0.289 e. The summed E-state index contributed by atoms with van der Waals surface area (Å²) in [5.74, 6) is 1.69. The molecule has 8 nitrogen and oxygen atoms in total. The van der Waals surface area contributed by atoms with Crippen LogP contribution in [0, 0.1) is 0 Å². The van der Waals surface area contributed by atoms with Gasteiger partial charge in [-0.2, -0.15) is 0 Å². The van der Waals surface area contributed by atoms with Crippen LogP contribution in [0.5, 0.6) is 11.5 Å². The number of amides is 2. The molecule has 9 heteroatoms. The molecule has 1 unspecified atom stereocenters. The molecule has 6 rings (SSSR count). The number of ether oxygens (including phenoxy) is 2. The average Bonchev–Trinajstić information content (AvgIpc) is 3.59. The van der Waals surface area contributed by atoms with Crippen molar-refractivity contribution in [2.24, 2.45) is 0 Å². The summed E-state index contributed by atoms with van der Waals surface area (Å²) >= 11 is 1.50. The number of furan rings is 1. The van der Waals surface area contributed by atoms with Crippen molar-refractivity contribution in [1.82, 2.24) is 15.2 Å². The third-order valence-corrected chi connectivity index (χ3v) is 7.59. The van der Waals surface area contributed by atoms with E-state index in [0.717, 1.165) is 34.6 Å². The number of aromatic nitrogens is 1. The zero-order chi connectivity index (χ0) is 24.5.